The minimum atomic E-state index is -1.16. The monoisotopic (exact) mass is 925 g/mol. The molecule has 1 heterocycles. The zero-order valence-corrected chi connectivity index (χ0v) is 40.0. The van der Waals surface area contributed by atoms with Crippen LogP contribution in [0, 0.1) is 27.7 Å². The second-order valence-electron chi connectivity index (χ2n) is 16.5. The minimum Gasteiger partial charge on any atom is -0.478 e. The molecule has 0 fully saturated rings. The lowest BCUT2D eigenvalue weighted by atomic mass is 9.88. The third kappa shape index (κ3) is 13.2. The van der Waals surface area contributed by atoms with Crippen LogP contribution in [0.25, 0.3) is 33.4 Å². The number of carboxylic acids is 1. The van der Waals surface area contributed by atoms with Gasteiger partial charge in [0, 0.05) is 84.6 Å². The topological polar surface area (TPSA) is 181 Å². The summed E-state index contributed by atoms with van der Waals surface area (Å²) in [6, 6.07) is 28.3. The van der Waals surface area contributed by atoms with Crippen molar-refractivity contribution in [1.29, 1.82) is 0 Å². The van der Waals surface area contributed by atoms with Crippen LogP contribution in [0.2, 0.25) is 0 Å². The highest BCUT2D eigenvalue weighted by atomic mass is 16.5. The molecule has 2 aliphatic rings. The molecule has 0 bridgehead atoms. The van der Waals surface area contributed by atoms with Gasteiger partial charge in [0.2, 0.25) is 11.8 Å². The molecule has 4 aromatic carbocycles. The van der Waals surface area contributed by atoms with Gasteiger partial charge in [-0.15, -0.1) is 0 Å². The number of carboxylic acid groups (broad SMARTS) is 1. The number of nitrogens with zero attached hydrogens (tertiary/aromatic N) is 2. The first-order valence-corrected chi connectivity index (χ1v) is 23.2. The van der Waals surface area contributed by atoms with E-state index in [0.29, 0.717) is 75.1 Å². The van der Waals surface area contributed by atoms with E-state index in [9.17, 15) is 24.3 Å². The number of benzene rings is 5. The van der Waals surface area contributed by atoms with E-state index < -0.39 is 11.9 Å². The summed E-state index contributed by atoms with van der Waals surface area (Å²) in [4.78, 5) is 58.5. The Kier molecular flexibility index (Phi) is 18.4. The summed E-state index contributed by atoms with van der Waals surface area (Å²) >= 11 is 0. The molecule has 4 N–H and O–H groups in total. The minimum absolute atomic E-state index is 0.0126. The van der Waals surface area contributed by atoms with Gasteiger partial charge in [-0.05, 0) is 105 Å². The van der Waals surface area contributed by atoms with Gasteiger partial charge in [-0.25, -0.2) is 4.79 Å². The number of hydrogen-bond acceptors (Lipinski definition) is 10. The molecule has 0 aromatic heterocycles. The highest BCUT2D eigenvalue weighted by Gasteiger charge is 2.25. The number of hydrogen-bond donors (Lipinski definition) is 4. The Morgan fingerprint density at radius 3 is 2.04 bits per heavy atom. The van der Waals surface area contributed by atoms with Crippen LogP contribution >= 0.6 is 0 Å². The molecular formula is C54H63N5O9. The van der Waals surface area contributed by atoms with Crippen LogP contribution in [0.15, 0.2) is 100 Å². The Morgan fingerprint density at radius 1 is 0.691 bits per heavy atom. The van der Waals surface area contributed by atoms with Crippen molar-refractivity contribution in [2.45, 2.75) is 60.9 Å². The van der Waals surface area contributed by atoms with Gasteiger partial charge in [0.25, 0.3) is 5.91 Å². The summed E-state index contributed by atoms with van der Waals surface area (Å²) in [5.41, 5.74) is 9.49. The molecule has 0 atom stereocenters. The average molecular weight is 926 g/mol. The second kappa shape index (κ2) is 24.8. The van der Waals surface area contributed by atoms with E-state index >= 15 is 0 Å². The Bertz CT molecular complexity index is 2760. The predicted molar refractivity (Wildman–Crippen MR) is 266 cm³/mol. The average Bonchev–Trinajstić information content (AvgIpc) is 3.32. The van der Waals surface area contributed by atoms with Gasteiger partial charge in [0.1, 0.15) is 11.3 Å². The molecule has 4 aromatic rings. The third-order valence-corrected chi connectivity index (χ3v) is 11.6. The lowest BCUT2D eigenvalue weighted by Crippen LogP contribution is -2.33. The summed E-state index contributed by atoms with van der Waals surface area (Å²) in [6.45, 7) is 16.0. The van der Waals surface area contributed by atoms with Crippen LogP contribution < -0.4 is 26.2 Å². The zero-order valence-electron chi connectivity index (χ0n) is 40.0. The number of carbonyl (C=O) groups is 4. The van der Waals surface area contributed by atoms with E-state index in [4.69, 9.17) is 18.6 Å². The van der Waals surface area contributed by atoms with Crippen molar-refractivity contribution in [3.63, 3.8) is 0 Å². The van der Waals surface area contributed by atoms with Crippen LogP contribution in [0.3, 0.4) is 0 Å². The fraction of sp³-hybridized carbons (Fsp3) is 0.352. The number of carbonyl (C=O) groups excluding carboxylic acids is 3. The van der Waals surface area contributed by atoms with Crippen molar-refractivity contribution in [2.75, 3.05) is 76.0 Å². The molecule has 0 saturated heterocycles. The summed E-state index contributed by atoms with van der Waals surface area (Å²) in [5.74, 6) is -1.36. The largest absolute Gasteiger partial charge is 0.478 e. The summed E-state index contributed by atoms with van der Waals surface area (Å²) in [7, 11) is 0. The zero-order chi connectivity index (χ0) is 48.6. The summed E-state index contributed by atoms with van der Waals surface area (Å²) in [6.07, 6.45) is 0.146. The van der Waals surface area contributed by atoms with E-state index in [2.05, 4.69) is 20.9 Å². The molecule has 1 aliphatic carbocycles. The van der Waals surface area contributed by atoms with E-state index in [1.165, 1.54) is 6.07 Å². The maximum Gasteiger partial charge on any atom is 0.336 e. The number of amides is 3. The molecule has 1 aliphatic heterocycles. The van der Waals surface area contributed by atoms with Crippen molar-refractivity contribution in [3.05, 3.63) is 135 Å². The van der Waals surface area contributed by atoms with Gasteiger partial charge in [-0.2, -0.15) is 0 Å². The molecule has 0 spiro atoms. The van der Waals surface area contributed by atoms with E-state index in [1.807, 2.05) is 114 Å². The van der Waals surface area contributed by atoms with Gasteiger partial charge in [0.15, 0.2) is 0 Å². The first-order chi connectivity index (χ1) is 32.9. The van der Waals surface area contributed by atoms with Crippen molar-refractivity contribution >= 4 is 46.0 Å². The van der Waals surface area contributed by atoms with Crippen LogP contribution in [0.5, 0.6) is 0 Å². The van der Waals surface area contributed by atoms with Crippen LogP contribution in [0.4, 0.5) is 11.4 Å². The molecular weight excluding hydrogens is 863 g/mol. The fourth-order valence-electron chi connectivity index (χ4n) is 8.00. The van der Waals surface area contributed by atoms with E-state index in [1.54, 1.807) is 17.0 Å². The van der Waals surface area contributed by atoms with Crippen LogP contribution in [0.1, 0.15) is 75.2 Å². The van der Waals surface area contributed by atoms with E-state index in [-0.39, 0.29) is 48.9 Å². The molecule has 0 saturated carbocycles. The third-order valence-electron chi connectivity index (χ3n) is 11.6. The maximum atomic E-state index is 13.4. The van der Waals surface area contributed by atoms with Gasteiger partial charge in [-0.1, -0.05) is 48.5 Å². The highest BCUT2D eigenvalue weighted by Crippen LogP contribution is 2.43. The first kappa shape index (κ1) is 50.5. The highest BCUT2D eigenvalue weighted by molar-refractivity contribution is 6.09. The lowest BCUT2D eigenvalue weighted by molar-refractivity contribution is -0.125. The number of nitrogens with one attached hydrogen (secondary N) is 3. The second-order valence-corrected chi connectivity index (χ2v) is 16.5. The van der Waals surface area contributed by atoms with E-state index in [0.717, 1.165) is 62.0 Å². The van der Waals surface area contributed by atoms with Crippen molar-refractivity contribution in [1.82, 2.24) is 10.6 Å². The number of rotatable bonds is 24. The van der Waals surface area contributed by atoms with Crippen molar-refractivity contribution in [2.24, 2.45) is 4.99 Å². The molecule has 0 unspecified atom stereocenters. The summed E-state index contributed by atoms with van der Waals surface area (Å²) in [5, 5.41) is 21.1. The lowest BCUT2D eigenvalue weighted by Gasteiger charge is -2.25. The summed E-state index contributed by atoms with van der Waals surface area (Å²) < 4.78 is 23.3. The number of aryl methyl sites for hydroxylation is 4. The Hall–Kier alpha value is -6.87. The van der Waals surface area contributed by atoms with Gasteiger partial charge >= 0.3 is 5.97 Å². The number of fused-ring (bicyclic) bond motifs is 2. The standard InChI is InChI=1S/C54H63N5O9/c1-7-55-45-32-48-43(29-37(45)5)52(44-30-38(6)46(56-8-2)33-49(44)68-48)41-18-17-39(31-42(41)54(63)64)53(62)58-22-24-66-26-28-67-27-25-65-23-21-57-50(60)19-20-51(61)59(47-16-12-10-14-36(47)4)34-40-15-11-9-13-35(40)3/h9-18,29-33,55H,7-8,19-28,34H2,1-6H3,(H,57,60)(H,58,62)(H,63,64)/b56-46-. The van der Waals surface area contributed by atoms with Crippen LogP contribution in [-0.2, 0) is 30.3 Å². The Balaban J connectivity index is 0.910. The Morgan fingerprint density at radius 2 is 1.37 bits per heavy atom. The predicted octanol–water partition coefficient (Wildman–Crippen LogP) is 8.40. The Labute approximate surface area is 398 Å². The fourth-order valence-corrected chi connectivity index (χ4v) is 8.00. The molecule has 3 amide bonds. The molecule has 358 valence electrons. The first-order valence-electron chi connectivity index (χ1n) is 23.2. The van der Waals surface area contributed by atoms with Gasteiger partial charge in [0.05, 0.1) is 57.1 Å². The number of ether oxygens (including phenoxy) is 3. The maximum absolute atomic E-state index is 13.4. The molecule has 68 heavy (non-hydrogen) atoms. The van der Waals surface area contributed by atoms with Gasteiger partial charge < -0.3 is 44.6 Å². The molecule has 14 nitrogen and oxygen atoms in total. The number of anilines is 2. The molecule has 0 radical (unpaired) electrons. The normalized spacial score (nSPS) is 11.5. The molecule has 6 rings (SSSR count). The van der Waals surface area contributed by atoms with Gasteiger partial charge in [-0.3, -0.25) is 19.4 Å². The SMILES string of the molecule is CC/N=c1/cc2oc3cc(NCC)c(C)cc3c(-c3ccc(C(=O)NCCOCCOCCOCCNC(=O)CCC(=O)N(Cc4ccccc4C)c4ccccc4C)cc3C(=O)O)c-2cc1C. The quantitative estimate of drug-likeness (QED) is 0.0340. The smallest absolute Gasteiger partial charge is 0.336 e. The number of para-hydroxylation sites is 1. The van der Waals surface area contributed by atoms with Crippen molar-refractivity contribution < 1.29 is 42.9 Å². The molecule has 14 heteroatoms. The van der Waals surface area contributed by atoms with Crippen LogP contribution in [-0.4, -0.2) is 94.6 Å². The number of aromatic carboxylic acids is 1. The van der Waals surface area contributed by atoms with Crippen molar-refractivity contribution in [3.8, 4) is 22.5 Å².